The molecule has 0 atom stereocenters. The smallest absolute Gasteiger partial charge is 0.412 e. The van der Waals surface area contributed by atoms with Crippen molar-refractivity contribution in [1.82, 2.24) is 5.32 Å². The molecule has 2 rings (SSSR count). The molecule has 5 heteroatoms. The monoisotopic (exact) mass is 306 g/mol. The first-order valence-electron chi connectivity index (χ1n) is 7.63. The number of nitrogens with one attached hydrogen (secondary N) is 2. The zero-order chi connectivity index (χ0) is 16.2. The molecule has 2 N–H and O–H groups in total. The predicted octanol–water partition coefficient (Wildman–Crippen LogP) is 3.16. The molecule has 1 aliphatic heterocycles. The summed E-state index contributed by atoms with van der Waals surface area (Å²) in [5, 5.41) is 6.17. The summed E-state index contributed by atoms with van der Waals surface area (Å²) in [7, 11) is 0. The Bertz CT molecular complexity index is 502. The van der Waals surface area contributed by atoms with Crippen LogP contribution in [0, 0.1) is 5.41 Å². The molecule has 0 saturated carbocycles. The first-order valence-corrected chi connectivity index (χ1v) is 7.63. The van der Waals surface area contributed by atoms with Gasteiger partial charge < -0.3 is 14.8 Å². The van der Waals surface area contributed by atoms with E-state index in [1.54, 1.807) is 0 Å². The Kier molecular flexibility index (Phi) is 5.08. The lowest BCUT2D eigenvalue weighted by molar-refractivity contribution is -0.0991. The van der Waals surface area contributed by atoms with Gasteiger partial charge >= 0.3 is 6.09 Å². The molecule has 1 aliphatic rings. The van der Waals surface area contributed by atoms with Gasteiger partial charge in [-0.15, -0.1) is 0 Å². The van der Waals surface area contributed by atoms with Crippen molar-refractivity contribution in [2.24, 2.45) is 5.41 Å². The van der Waals surface area contributed by atoms with Crippen LogP contribution in [0.15, 0.2) is 24.3 Å². The number of carbonyl (C=O) groups excluding carboxylic acids is 1. The second-order valence-corrected chi connectivity index (χ2v) is 7.23. The van der Waals surface area contributed by atoms with E-state index in [0.29, 0.717) is 0 Å². The van der Waals surface area contributed by atoms with Gasteiger partial charge in [0.15, 0.2) is 0 Å². The minimum absolute atomic E-state index is 0.276. The van der Waals surface area contributed by atoms with Gasteiger partial charge in [-0.25, -0.2) is 4.79 Å². The van der Waals surface area contributed by atoms with Crippen LogP contribution in [0.25, 0.3) is 0 Å². The lowest BCUT2D eigenvalue weighted by Crippen LogP contribution is -2.47. The molecule has 22 heavy (non-hydrogen) atoms. The molecule has 0 aromatic heterocycles. The number of ether oxygens (including phenoxy) is 2. The molecule has 0 aliphatic carbocycles. The summed E-state index contributed by atoms with van der Waals surface area (Å²) in [6.45, 7) is 11.2. The minimum Gasteiger partial charge on any atom is -0.444 e. The van der Waals surface area contributed by atoms with Crippen LogP contribution in [0.2, 0.25) is 0 Å². The summed E-state index contributed by atoms with van der Waals surface area (Å²) in [4.78, 5) is 11.7. The largest absolute Gasteiger partial charge is 0.444 e. The summed E-state index contributed by atoms with van der Waals surface area (Å²) in [6, 6.07) is 7.77. The molecule has 0 radical (unpaired) electrons. The lowest BCUT2D eigenvalue weighted by Gasteiger charge is -2.38. The zero-order valence-electron chi connectivity index (χ0n) is 13.9. The van der Waals surface area contributed by atoms with E-state index in [1.807, 2.05) is 45.0 Å². The Balaban J connectivity index is 1.76. The zero-order valence-corrected chi connectivity index (χ0v) is 13.9. The first-order chi connectivity index (χ1) is 10.3. The molecule has 5 nitrogen and oxygen atoms in total. The molecule has 1 aromatic rings. The number of hydrogen-bond donors (Lipinski definition) is 2. The van der Waals surface area contributed by atoms with Gasteiger partial charge in [0, 0.05) is 24.2 Å². The van der Waals surface area contributed by atoms with E-state index < -0.39 is 11.7 Å². The Hall–Kier alpha value is -1.59. The first kappa shape index (κ1) is 16.8. The molecule has 1 heterocycles. The average Bonchev–Trinajstić information content (AvgIpc) is 2.36. The minimum atomic E-state index is -0.491. The number of anilines is 1. The van der Waals surface area contributed by atoms with Crippen LogP contribution in [-0.4, -0.2) is 31.5 Å². The Morgan fingerprint density at radius 3 is 2.41 bits per heavy atom. The van der Waals surface area contributed by atoms with Crippen LogP contribution in [0.1, 0.15) is 33.3 Å². The number of hydrogen-bond acceptors (Lipinski definition) is 4. The normalized spacial score (nSPS) is 16.7. The topological polar surface area (TPSA) is 59.6 Å². The Labute approximate surface area is 132 Å². The van der Waals surface area contributed by atoms with Crippen molar-refractivity contribution in [2.75, 3.05) is 25.1 Å². The second-order valence-electron chi connectivity index (χ2n) is 7.23. The average molecular weight is 306 g/mol. The SMILES string of the molecule is CC1(CNCc2ccc(NC(=O)OC(C)(C)C)cc2)COC1. The molecule has 1 aromatic carbocycles. The number of benzene rings is 1. The van der Waals surface area contributed by atoms with E-state index in [2.05, 4.69) is 17.6 Å². The van der Waals surface area contributed by atoms with Gasteiger partial charge in [0.2, 0.25) is 0 Å². The summed E-state index contributed by atoms with van der Waals surface area (Å²) in [5.74, 6) is 0. The van der Waals surface area contributed by atoms with Gasteiger partial charge in [-0.1, -0.05) is 19.1 Å². The van der Waals surface area contributed by atoms with E-state index in [4.69, 9.17) is 9.47 Å². The van der Waals surface area contributed by atoms with Crippen molar-refractivity contribution in [2.45, 2.75) is 39.8 Å². The van der Waals surface area contributed by atoms with Crippen molar-refractivity contribution < 1.29 is 14.3 Å². The van der Waals surface area contributed by atoms with Crippen molar-refractivity contribution in [3.8, 4) is 0 Å². The third-order valence-corrected chi connectivity index (χ3v) is 3.38. The van der Waals surface area contributed by atoms with Gasteiger partial charge in [0.25, 0.3) is 0 Å². The predicted molar refractivity (Wildman–Crippen MR) is 86.9 cm³/mol. The van der Waals surface area contributed by atoms with E-state index >= 15 is 0 Å². The van der Waals surface area contributed by atoms with Crippen LogP contribution in [0.4, 0.5) is 10.5 Å². The van der Waals surface area contributed by atoms with Crippen molar-refractivity contribution in [1.29, 1.82) is 0 Å². The molecule has 0 unspecified atom stereocenters. The summed E-state index contributed by atoms with van der Waals surface area (Å²) in [6.07, 6.45) is -0.434. The quantitative estimate of drug-likeness (QED) is 0.877. The maximum atomic E-state index is 11.7. The maximum absolute atomic E-state index is 11.7. The van der Waals surface area contributed by atoms with Crippen LogP contribution in [-0.2, 0) is 16.0 Å². The van der Waals surface area contributed by atoms with E-state index in [1.165, 1.54) is 5.56 Å². The fraction of sp³-hybridized carbons (Fsp3) is 0.588. The van der Waals surface area contributed by atoms with E-state index in [9.17, 15) is 4.79 Å². The lowest BCUT2D eigenvalue weighted by atomic mass is 9.89. The fourth-order valence-electron chi connectivity index (χ4n) is 2.19. The fourth-order valence-corrected chi connectivity index (χ4v) is 2.19. The van der Waals surface area contributed by atoms with Crippen molar-refractivity contribution in [3.05, 3.63) is 29.8 Å². The number of carbonyl (C=O) groups is 1. The van der Waals surface area contributed by atoms with E-state index in [0.717, 1.165) is 32.0 Å². The highest BCUT2D eigenvalue weighted by Crippen LogP contribution is 2.25. The van der Waals surface area contributed by atoms with Crippen LogP contribution < -0.4 is 10.6 Å². The van der Waals surface area contributed by atoms with Crippen LogP contribution >= 0.6 is 0 Å². The van der Waals surface area contributed by atoms with Gasteiger partial charge in [-0.2, -0.15) is 0 Å². The molecule has 122 valence electrons. The molecule has 1 amide bonds. The highest BCUT2D eigenvalue weighted by molar-refractivity contribution is 5.84. The maximum Gasteiger partial charge on any atom is 0.412 e. The number of rotatable bonds is 5. The van der Waals surface area contributed by atoms with Crippen LogP contribution in [0.3, 0.4) is 0 Å². The van der Waals surface area contributed by atoms with Gasteiger partial charge in [0.05, 0.1) is 13.2 Å². The molecular weight excluding hydrogens is 280 g/mol. The molecule has 0 spiro atoms. The standard InChI is InChI=1S/C17H26N2O3/c1-16(2,3)22-15(20)19-14-7-5-13(6-8-14)9-18-10-17(4)11-21-12-17/h5-8,18H,9-12H2,1-4H3,(H,19,20). The third-order valence-electron chi connectivity index (χ3n) is 3.38. The molecule has 1 fully saturated rings. The molecule has 0 bridgehead atoms. The summed E-state index contributed by atoms with van der Waals surface area (Å²) < 4.78 is 10.5. The van der Waals surface area contributed by atoms with E-state index in [-0.39, 0.29) is 5.41 Å². The molecular formula is C17H26N2O3. The Morgan fingerprint density at radius 2 is 1.91 bits per heavy atom. The summed E-state index contributed by atoms with van der Waals surface area (Å²) in [5.41, 5.74) is 1.70. The van der Waals surface area contributed by atoms with Gasteiger partial charge in [-0.05, 0) is 38.5 Å². The van der Waals surface area contributed by atoms with Crippen molar-refractivity contribution in [3.63, 3.8) is 0 Å². The Morgan fingerprint density at radius 1 is 1.27 bits per heavy atom. The highest BCUT2D eigenvalue weighted by Gasteiger charge is 2.32. The summed E-state index contributed by atoms with van der Waals surface area (Å²) >= 11 is 0. The highest BCUT2D eigenvalue weighted by atomic mass is 16.6. The van der Waals surface area contributed by atoms with Crippen molar-refractivity contribution >= 4 is 11.8 Å². The molecule has 1 saturated heterocycles. The third kappa shape index (κ3) is 5.31. The van der Waals surface area contributed by atoms with Crippen LogP contribution in [0.5, 0.6) is 0 Å². The number of amides is 1. The van der Waals surface area contributed by atoms with Gasteiger partial charge in [-0.3, -0.25) is 5.32 Å². The van der Waals surface area contributed by atoms with Gasteiger partial charge in [0.1, 0.15) is 5.60 Å². The second kappa shape index (κ2) is 6.67.